The summed E-state index contributed by atoms with van der Waals surface area (Å²) in [5, 5.41) is 11.5. The largest absolute Gasteiger partial charge is 0.507 e. The third kappa shape index (κ3) is 5.38. The highest BCUT2D eigenvalue weighted by molar-refractivity contribution is 6.51. The van der Waals surface area contributed by atoms with Crippen LogP contribution in [0.5, 0.6) is 11.5 Å². The molecule has 0 spiro atoms. The minimum atomic E-state index is -0.797. The van der Waals surface area contributed by atoms with Crippen LogP contribution in [-0.2, 0) is 9.59 Å². The van der Waals surface area contributed by atoms with Gasteiger partial charge in [0.05, 0.1) is 24.8 Å². The van der Waals surface area contributed by atoms with Gasteiger partial charge in [0.2, 0.25) is 0 Å². The molecule has 1 saturated heterocycles. The highest BCUT2D eigenvalue weighted by Gasteiger charge is 2.47. The molecule has 1 atom stereocenters. The van der Waals surface area contributed by atoms with E-state index in [2.05, 4.69) is 13.8 Å². The Morgan fingerprint density at radius 1 is 0.973 bits per heavy atom. The molecule has 37 heavy (non-hydrogen) atoms. The smallest absolute Gasteiger partial charge is 0.300 e. The number of Topliss-reactive ketones (excluding diaryl/α,β-unsaturated/α-hetero) is 1. The third-order valence-electron chi connectivity index (χ3n) is 6.23. The average Bonchev–Trinajstić information content (AvgIpc) is 3.13. The van der Waals surface area contributed by atoms with Crippen LogP contribution < -0.4 is 14.4 Å². The highest BCUT2D eigenvalue weighted by Crippen LogP contribution is 2.43. The van der Waals surface area contributed by atoms with Crippen LogP contribution in [0.15, 0.2) is 72.3 Å². The molecular weight excluding hydrogens is 466 g/mol. The van der Waals surface area contributed by atoms with Crippen molar-refractivity contribution >= 4 is 23.1 Å². The maximum atomic E-state index is 13.4. The van der Waals surface area contributed by atoms with Crippen molar-refractivity contribution in [3.63, 3.8) is 0 Å². The number of carbonyl (C=O) groups is 2. The van der Waals surface area contributed by atoms with E-state index in [0.717, 1.165) is 16.7 Å². The second kappa shape index (κ2) is 10.9. The van der Waals surface area contributed by atoms with Crippen molar-refractivity contribution in [2.24, 2.45) is 5.92 Å². The second-order valence-corrected chi connectivity index (χ2v) is 9.70. The van der Waals surface area contributed by atoms with Crippen LogP contribution in [0.3, 0.4) is 0 Å². The third-order valence-corrected chi connectivity index (χ3v) is 6.23. The lowest BCUT2D eigenvalue weighted by Crippen LogP contribution is -2.29. The molecule has 4 rings (SSSR count). The maximum absolute atomic E-state index is 13.4. The number of aliphatic hydroxyl groups is 1. The van der Waals surface area contributed by atoms with Crippen molar-refractivity contribution in [2.75, 3.05) is 18.1 Å². The van der Waals surface area contributed by atoms with E-state index >= 15 is 0 Å². The summed E-state index contributed by atoms with van der Waals surface area (Å²) in [5.74, 6) is 0.0379. The molecule has 1 fully saturated rings. The molecule has 1 heterocycles. The van der Waals surface area contributed by atoms with E-state index in [1.807, 2.05) is 45.0 Å². The van der Waals surface area contributed by atoms with Crippen molar-refractivity contribution in [1.29, 1.82) is 0 Å². The first-order valence-electron chi connectivity index (χ1n) is 12.6. The zero-order valence-electron chi connectivity index (χ0n) is 21.9. The summed E-state index contributed by atoms with van der Waals surface area (Å²) < 4.78 is 11.5. The van der Waals surface area contributed by atoms with Crippen LogP contribution in [0.1, 0.15) is 49.1 Å². The van der Waals surface area contributed by atoms with Crippen LogP contribution >= 0.6 is 0 Å². The zero-order valence-corrected chi connectivity index (χ0v) is 21.9. The number of ether oxygens (including phenoxy) is 2. The monoisotopic (exact) mass is 499 g/mol. The molecule has 3 aromatic rings. The fraction of sp³-hybridized carbons (Fsp3) is 0.290. The number of hydrogen-bond acceptors (Lipinski definition) is 5. The van der Waals surface area contributed by atoms with E-state index in [1.54, 1.807) is 42.5 Å². The van der Waals surface area contributed by atoms with E-state index < -0.39 is 17.7 Å². The van der Waals surface area contributed by atoms with Crippen molar-refractivity contribution in [3.8, 4) is 11.5 Å². The van der Waals surface area contributed by atoms with E-state index in [1.165, 1.54) is 4.90 Å². The van der Waals surface area contributed by atoms with Crippen LogP contribution in [0, 0.1) is 19.8 Å². The maximum Gasteiger partial charge on any atom is 0.300 e. The number of ketones is 1. The van der Waals surface area contributed by atoms with Crippen molar-refractivity contribution < 1.29 is 24.2 Å². The molecular formula is C31H33NO5. The van der Waals surface area contributed by atoms with Crippen molar-refractivity contribution in [3.05, 3.63) is 94.6 Å². The van der Waals surface area contributed by atoms with Gasteiger partial charge < -0.3 is 14.6 Å². The van der Waals surface area contributed by atoms with E-state index in [0.29, 0.717) is 41.9 Å². The molecule has 3 aromatic carbocycles. The normalized spacial score (nSPS) is 16.9. The number of rotatable bonds is 8. The van der Waals surface area contributed by atoms with Gasteiger partial charge in [-0.25, -0.2) is 0 Å². The Labute approximate surface area is 218 Å². The fourth-order valence-corrected chi connectivity index (χ4v) is 4.51. The summed E-state index contributed by atoms with van der Waals surface area (Å²) in [6, 6.07) is 19.2. The number of carbonyl (C=O) groups excluding carboxylic acids is 2. The van der Waals surface area contributed by atoms with Gasteiger partial charge in [0.15, 0.2) is 0 Å². The van der Waals surface area contributed by atoms with E-state index in [9.17, 15) is 14.7 Å². The second-order valence-electron chi connectivity index (χ2n) is 9.70. The molecule has 1 unspecified atom stereocenters. The number of anilines is 1. The Hall–Kier alpha value is -4.06. The van der Waals surface area contributed by atoms with Gasteiger partial charge in [0, 0.05) is 17.3 Å². The lowest BCUT2D eigenvalue weighted by Gasteiger charge is -2.26. The summed E-state index contributed by atoms with van der Waals surface area (Å²) >= 11 is 0. The minimum absolute atomic E-state index is 0.0488. The van der Waals surface area contributed by atoms with Gasteiger partial charge in [-0.1, -0.05) is 49.7 Å². The van der Waals surface area contributed by atoms with Crippen LogP contribution in [0.4, 0.5) is 5.69 Å². The first-order chi connectivity index (χ1) is 17.7. The molecule has 1 N–H and O–H groups in total. The minimum Gasteiger partial charge on any atom is -0.507 e. The van der Waals surface area contributed by atoms with Gasteiger partial charge in [0.25, 0.3) is 11.7 Å². The summed E-state index contributed by atoms with van der Waals surface area (Å²) in [6.45, 7) is 10.9. The van der Waals surface area contributed by atoms with Crippen molar-refractivity contribution in [2.45, 2.75) is 40.7 Å². The zero-order chi connectivity index (χ0) is 26.7. The quantitative estimate of drug-likeness (QED) is 0.222. The molecule has 1 aliphatic heterocycles. The number of benzene rings is 3. The summed E-state index contributed by atoms with van der Waals surface area (Å²) in [5.41, 5.74) is 3.56. The standard InChI is InChI=1S/C31H33NO5/c1-6-36-25-12-8-11-24(17-25)32-28(22-10-7-9-20(4)15-22)27(30(34)31(32)35)29(33)23-13-14-26(21(5)16-23)37-18-19(2)3/h7-17,19,28,33H,6,18H2,1-5H3/b29-27+. The van der Waals surface area contributed by atoms with Crippen molar-refractivity contribution in [1.82, 2.24) is 0 Å². The van der Waals surface area contributed by atoms with Crippen LogP contribution in [0.2, 0.25) is 0 Å². The number of aryl methyl sites for hydroxylation is 2. The molecule has 0 radical (unpaired) electrons. The average molecular weight is 500 g/mol. The summed E-state index contributed by atoms with van der Waals surface area (Å²) in [4.78, 5) is 28.3. The van der Waals surface area contributed by atoms with Crippen LogP contribution in [-0.4, -0.2) is 30.0 Å². The Balaban J connectivity index is 1.85. The molecule has 1 aliphatic rings. The molecule has 6 heteroatoms. The number of hydrogen-bond donors (Lipinski definition) is 1. The van der Waals surface area contributed by atoms with Gasteiger partial charge in [-0.05, 0) is 68.1 Å². The Kier molecular flexibility index (Phi) is 7.67. The number of nitrogens with zero attached hydrogens (tertiary/aromatic N) is 1. The van der Waals surface area contributed by atoms with E-state index in [4.69, 9.17) is 9.47 Å². The lowest BCUT2D eigenvalue weighted by molar-refractivity contribution is -0.132. The molecule has 0 bridgehead atoms. The van der Waals surface area contributed by atoms with Gasteiger partial charge in [-0.3, -0.25) is 14.5 Å². The SMILES string of the molecule is CCOc1cccc(N2C(=O)C(=O)/C(=C(/O)c3ccc(OCC(C)C)c(C)c3)C2c2cccc(C)c2)c1. The molecule has 0 aliphatic carbocycles. The van der Waals surface area contributed by atoms with Gasteiger partial charge >= 0.3 is 0 Å². The Bertz CT molecular complexity index is 1360. The summed E-state index contributed by atoms with van der Waals surface area (Å²) in [6.07, 6.45) is 0. The highest BCUT2D eigenvalue weighted by atomic mass is 16.5. The van der Waals surface area contributed by atoms with Gasteiger partial charge in [-0.2, -0.15) is 0 Å². The van der Waals surface area contributed by atoms with E-state index in [-0.39, 0.29) is 11.3 Å². The van der Waals surface area contributed by atoms with Gasteiger partial charge in [0.1, 0.15) is 17.3 Å². The number of amides is 1. The topological polar surface area (TPSA) is 76.1 Å². The summed E-state index contributed by atoms with van der Waals surface area (Å²) in [7, 11) is 0. The predicted octanol–water partition coefficient (Wildman–Crippen LogP) is 6.36. The number of aliphatic hydroxyl groups excluding tert-OH is 1. The fourth-order valence-electron chi connectivity index (χ4n) is 4.51. The predicted molar refractivity (Wildman–Crippen MR) is 145 cm³/mol. The molecule has 6 nitrogen and oxygen atoms in total. The van der Waals surface area contributed by atoms with Gasteiger partial charge in [-0.15, -0.1) is 0 Å². The first kappa shape index (κ1) is 26.0. The lowest BCUT2D eigenvalue weighted by atomic mass is 9.94. The first-order valence-corrected chi connectivity index (χ1v) is 12.6. The van der Waals surface area contributed by atoms with Crippen LogP contribution in [0.25, 0.3) is 5.76 Å². The molecule has 0 aromatic heterocycles. The molecule has 192 valence electrons. The Morgan fingerprint density at radius 2 is 1.73 bits per heavy atom. The Morgan fingerprint density at radius 3 is 2.41 bits per heavy atom. The molecule has 1 amide bonds. The molecule has 0 saturated carbocycles.